The van der Waals surface area contributed by atoms with Gasteiger partial charge in [-0.25, -0.2) is 8.42 Å². The number of carbonyl (C=O) groups excluding carboxylic acids is 1. The van der Waals surface area contributed by atoms with Gasteiger partial charge in [-0.1, -0.05) is 35.9 Å². The summed E-state index contributed by atoms with van der Waals surface area (Å²) in [5, 5.41) is 11.1. The van der Waals surface area contributed by atoms with Crippen LogP contribution in [0.15, 0.2) is 65.6 Å². The molecule has 0 aliphatic carbocycles. The van der Waals surface area contributed by atoms with Gasteiger partial charge >= 0.3 is 0 Å². The van der Waals surface area contributed by atoms with Gasteiger partial charge in [0.1, 0.15) is 6.04 Å². The van der Waals surface area contributed by atoms with Crippen LogP contribution < -0.4 is 4.72 Å². The van der Waals surface area contributed by atoms with E-state index in [1.165, 1.54) is 6.07 Å². The largest absolute Gasteiger partial charge is 0.337 e. The van der Waals surface area contributed by atoms with E-state index in [1.54, 1.807) is 47.4 Å². The molecule has 3 aromatic carbocycles. The third kappa shape index (κ3) is 4.17. The van der Waals surface area contributed by atoms with E-state index in [2.05, 4.69) is 10.8 Å². The predicted molar refractivity (Wildman–Crippen MR) is 114 cm³/mol. The zero-order valence-corrected chi connectivity index (χ0v) is 17.4. The van der Waals surface area contributed by atoms with Gasteiger partial charge < -0.3 is 4.90 Å². The minimum Gasteiger partial charge on any atom is -0.337 e. The summed E-state index contributed by atoms with van der Waals surface area (Å²) in [5.41, 5.74) is 1.35. The van der Waals surface area contributed by atoms with E-state index in [0.717, 1.165) is 10.9 Å². The Hall–Kier alpha value is -2.92. The minimum absolute atomic E-state index is 0.0882. The average molecular weight is 440 g/mol. The number of carbonyl (C=O) groups is 1. The monoisotopic (exact) mass is 439 g/mol. The number of nitrogens with zero attached hydrogens (tertiary/aromatic N) is 2. The highest BCUT2D eigenvalue weighted by Crippen LogP contribution is 2.24. The highest BCUT2D eigenvalue weighted by Gasteiger charge is 2.34. The van der Waals surface area contributed by atoms with Gasteiger partial charge in [0.25, 0.3) is 0 Å². The number of fused-ring (bicyclic) bond motifs is 1. The second-order valence-electron chi connectivity index (χ2n) is 7.19. The maximum atomic E-state index is 12.9. The number of nitriles is 1. The normalized spacial score (nSPS) is 16.7. The first-order valence-corrected chi connectivity index (χ1v) is 11.2. The van der Waals surface area contributed by atoms with E-state index in [1.807, 2.05) is 12.1 Å². The van der Waals surface area contributed by atoms with Crippen molar-refractivity contribution < 1.29 is 13.2 Å². The average Bonchev–Trinajstić information content (AvgIpc) is 3.06. The summed E-state index contributed by atoms with van der Waals surface area (Å²) in [6.45, 7) is 0.775. The van der Waals surface area contributed by atoms with E-state index in [4.69, 9.17) is 16.9 Å². The Bertz CT molecular complexity index is 1280. The van der Waals surface area contributed by atoms with E-state index < -0.39 is 16.1 Å². The first-order valence-electron chi connectivity index (χ1n) is 9.35. The molecule has 8 heteroatoms. The zero-order valence-electron chi connectivity index (χ0n) is 15.9. The Morgan fingerprint density at radius 2 is 1.90 bits per heavy atom. The van der Waals surface area contributed by atoms with E-state index in [-0.39, 0.29) is 10.8 Å². The summed E-state index contributed by atoms with van der Waals surface area (Å²) in [4.78, 5) is 14.4. The van der Waals surface area contributed by atoms with Crippen LogP contribution in [0.3, 0.4) is 0 Å². The molecule has 152 valence electrons. The molecule has 1 fully saturated rings. The Labute approximate surface area is 179 Å². The van der Waals surface area contributed by atoms with Gasteiger partial charge in [0.05, 0.1) is 16.5 Å². The lowest BCUT2D eigenvalue weighted by Crippen LogP contribution is -2.41. The van der Waals surface area contributed by atoms with Gasteiger partial charge in [-0.3, -0.25) is 4.79 Å². The maximum Gasteiger partial charge on any atom is 0.241 e. The van der Waals surface area contributed by atoms with Crippen LogP contribution in [-0.4, -0.2) is 31.8 Å². The molecule has 0 radical (unpaired) electrons. The molecule has 1 atom stereocenters. The Morgan fingerprint density at radius 3 is 2.70 bits per heavy atom. The molecule has 0 spiro atoms. The molecule has 1 aliphatic rings. The van der Waals surface area contributed by atoms with Crippen molar-refractivity contribution >= 4 is 38.3 Å². The topological polar surface area (TPSA) is 90.3 Å². The molecule has 1 saturated heterocycles. The lowest BCUT2D eigenvalue weighted by Gasteiger charge is -2.17. The van der Waals surface area contributed by atoms with Gasteiger partial charge in [-0.15, -0.1) is 0 Å². The van der Waals surface area contributed by atoms with E-state index in [0.29, 0.717) is 35.5 Å². The van der Waals surface area contributed by atoms with E-state index >= 15 is 0 Å². The fraction of sp³-hybridized carbons (Fsp3) is 0.182. The third-order valence-electron chi connectivity index (χ3n) is 5.11. The van der Waals surface area contributed by atoms with Gasteiger partial charge in [-0.05, 0) is 59.2 Å². The number of likely N-dealkylation sites (tertiary alicyclic amines) is 1. The standard InChI is InChI=1S/C22H18ClN3O3S/c23-19-6-4-17-5-7-20(12-18(17)11-19)30(28,29)25-21-8-9-26(22(21)27)14-16-3-1-2-15(10-16)13-24/h1-7,10-12,21,25H,8-9,14H2/t21-/m0/s1. The van der Waals surface area contributed by atoms with Gasteiger partial charge in [0, 0.05) is 18.1 Å². The maximum absolute atomic E-state index is 12.9. The molecule has 1 N–H and O–H groups in total. The summed E-state index contributed by atoms with van der Waals surface area (Å²) in [6, 6.07) is 18.3. The Kier molecular flexibility index (Phi) is 5.48. The van der Waals surface area contributed by atoms with Gasteiger partial charge in [0.2, 0.25) is 15.9 Å². The molecule has 1 amide bonds. The van der Waals surface area contributed by atoms with E-state index in [9.17, 15) is 13.2 Å². The second kappa shape index (κ2) is 8.07. The van der Waals surface area contributed by atoms with Crippen molar-refractivity contribution in [3.05, 3.63) is 76.8 Å². The smallest absolute Gasteiger partial charge is 0.241 e. The number of hydrogen-bond acceptors (Lipinski definition) is 4. The van der Waals surface area contributed by atoms with Gasteiger partial charge in [0.15, 0.2) is 0 Å². The summed E-state index contributed by atoms with van der Waals surface area (Å²) in [6.07, 6.45) is 0.384. The zero-order chi connectivity index (χ0) is 21.3. The quantitative estimate of drug-likeness (QED) is 0.659. The molecule has 0 unspecified atom stereocenters. The molecule has 6 nitrogen and oxygen atoms in total. The minimum atomic E-state index is -3.87. The highest BCUT2D eigenvalue weighted by molar-refractivity contribution is 7.89. The third-order valence-corrected chi connectivity index (χ3v) is 6.81. The van der Waals surface area contributed by atoms with Crippen molar-refractivity contribution in [3.63, 3.8) is 0 Å². The van der Waals surface area contributed by atoms with Crippen LogP contribution >= 0.6 is 11.6 Å². The molecule has 1 heterocycles. The van der Waals surface area contributed by atoms with Crippen LogP contribution in [0.5, 0.6) is 0 Å². The van der Waals surface area contributed by atoms with Crippen LogP contribution in [-0.2, 0) is 21.4 Å². The first kappa shape index (κ1) is 20.4. The number of benzene rings is 3. The molecule has 0 bridgehead atoms. The molecular weight excluding hydrogens is 422 g/mol. The predicted octanol–water partition coefficient (Wildman–Crippen LogP) is 3.44. The number of sulfonamides is 1. The number of amides is 1. The number of hydrogen-bond donors (Lipinski definition) is 1. The van der Waals surface area contributed by atoms with Crippen LogP contribution in [0.2, 0.25) is 5.02 Å². The van der Waals surface area contributed by atoms with Crippen molar-refractivity contribution in [2.45, 2.75) is 23.9 Å². The van der Waals surface area contributed by atoms with Crippen LogP contribution in [0.4, 0.5) is 0 Å². The second-order valence-corrected chi connectivity index (χ2v) is 9.34. The molecule has 0 aromatic heterocycles. The van der Waals surface area contributed by atoms with Crippen LogP contribution in [0.25, 0.3) is 10.8 Å². The SMILES string of the molecule is N#Cc1cccc(CN2CC[C@H](NS(=O)(=O)c3ccc4ccc(Cl)cc4c3)C2=O)c1. The number of nitrogens with one attached hydrogen (secondary N) is 1. The summed E-state index contributed by atoms with van der Waals surface area (Å²) >= 11 is 6.01. The number of rotatable bonds is 5. The molecule has 30 heavy (non-hydrogen) atoms. The van der Waals surface area contributed by atoms with Crippen LogP contribution in [0.1, 0.15) is 17.5 Å². The van der Waals surface area contributed by atoms with Gasteiger partial charge in [-0.2, -0.15) is 9.98 Å². The lowest BCUT2D eigenvalue weighted by molar-refractivity contribution is -0.129. The Balaban J connectivity index is 1.50. The van der Waals surface area contributed by atoms with Crippen molar-refractivity contribution in [1.82, 2.24) is 9.62 Å². The summed E-state index contributed by atoms with van der Waals surface area (Å²) in [5.74, 6) is -0.273. The Morgan fingerprint density at radius 1 is 1.10 bits per heavy atom. The van der Waals surface area contributed by atoms with Crippen molar-refractivity contribution in [2.24, 2.45) is 0 Å². The molecular formula is C22H18ClN3O3S. The summed E-state index contributed by atoms with van der Waals surface area (Å²) in [7, 11) is -3.87. The van der Waals surface area contributed by atoms with Crippen molar-refractivity contribution in [2.75, 3.05) is 6.54 Å². The fourth-order valence-corrected chi connectivity index (χ4v) is 5.02. The van der Waals surface area contributed by atoms with Crippen molar-refractivity contribution in [3.8, 4) is 6.07 Å². The van der Waals surface area contributed by atoms with Crippen LogP contribution in [0, 0.1) is 11.3 Å². The molecule has 3 aromatic rings. The number of halogens is 1. The summed E-state index contributed by atoms with van der Waals surface area (Å²) < 4.78 is 28.3. The fourth-order valence-electron chi connectivity index (χ4n) is 3.58. The van der Waals surface area contributed by atoms with Crippen molar-refractivity contribution in [1.29, 1.82) is 5.26 Å². The first-order chi connectivity index (χ1) is 14.4. The molecule has 1 aliphatic heterocycles. The molecule has 4 rings (SSSR count). The highest BCUT2D eigenvalue weighted by atomic mass is 35.5. The lowest BCUT2D eigenvalue weighted by atomic mass is 10.1. The molecule has 0 saturated carbocycles.